The van der Waals surface area contributed by atoms with Gasteiger partial charge in [0.25, 0.3) is 0 Å². The second-order valence-corrected chi connectivity index (χ2v) is 3.27. The molecule has 0 amide bonds. The van der Waals surface area contributed by atoms with Crippen molar-refractivity contribution < 1.29 is 0 Å². The van der Waals surface area contributed by atoms with Gasteiger partial charge in [0, 0.05) is 25.2 Å². The third-order valence-corrected chi connectivity index (χ3v) is 2.31. The predicted molar refractivity (Wildman–Crippen MR) is 49.4 cm³/mol. The molecular weight excluding hydrogens is 148 g/mol. The van der Waals surface area contributed by atoms with Crippen LogP contribution in [0.2, 0.25) is 0 Å². The molecule has 0 unspecified atom stereocenters. The number of hydrogen-bond donors (Lipinski definition) is 0. The van der Waals surface area contributed by atoms with Gasteiger partial charge in [-0.05, 0) is 25.7 Å². The first kappa shape index (κ1) is 9.12. The minimum absolute atomic E-state index is 0.660. The van der Waals surface area contributed by atoms with Gasteiger partial charge in [0.05, 0.1) is 6.07 Å². The Morgan fingerprint density at radius 3 is 2.67 bits per heavy atom. The van der Waals surface area contributed by atoms with Crippen LogP contribution in [0.15, 0.2) is 12.3 Å². The van der Waals surface area contributed by atoms with Gasteiger partial charge in [-0.15, -0.1) is 0 Å². The Labute approximate surface area is 74.5 Å². The Hall–Kier alpha value is -0.970. The molecule has 0 aromatic carbocycles. The van der Waals surface area contributed by atoms with Crippen molar-refractivity contribution in [2.24, 2.45) is 0 Å². The van der Waals surface area contributed by atoms with Crippen LogP contribution in [0.5, 0.6) is 0 Å². The van der Waals surface area contributed by atoms with Gasteiger partial charge in [0.2, 0.25) is 0 Å². The fourth-order valence-electron chi connectivity index (χ4n) is 1.56. The standard InChI is InChI=1S/C10H16N2/c1-10(6-2-3-7-11)12-8-4-5-9-12/h1-6,8-9H2. The normalized spacial score (nSPS) is 16.1. The monoisotopic (exact) mass is 164 g/mol. The van der Waals surface area contributed by atoms with Crippen molar-refractivity contribution in [1.29, 1.82) is 5.26 Å². The summed E-state index contributed by atoms with van der Waals surface area (Å²) in [5.41, 5.74) is 1.22. The molecule has 0 aromatic rings. The van der Waals surface area contributed by atoms with Crippen molar-refractivity contribution >= 4 is 0 Å². The van der Waals surface area contributed by atoms with Crippen LogP contribution in [0.4, 0.5) is 0 Å². The third kappa shape index (κ3) is 2.58. The van der Waals surface area contributed by atoms with Crippen molar-refractivity contribution in [3.8, 4) is 6.07 Å². The first-order chi connectivity index (χ1) is 5.84. The van der Waals surface area contributed by atoms with Gasteiger partial charge in [0.15, 0.2) is 0 Å². The molecule has 1 fully saturated rings. The van der Waals surface area contributed by atoms with Crippen LogP contribution < -0.4 is 0 Å². The minimum Gasteiger partial charge on any atom is -0.375 e. The van der Waals surface area contributed by atoms with Crippen LogP contribution in [0, 0.1) is 11.3 Å². The quantitative estimate of drug-likeness (QED) is 0.596. The average Bonchev–Trinajstić information content (AvgIpc) is 2.56. The lowest BCUT2D eigenvalue weighted by atomic mass is 10.2. The first-order valence-electron chi connectivity index (χ1n) is 4.64. The van der Waals surface area contributed by atoms with Crippen LogP contribution >= 0.6 is 0 Å². The highest BCUT2D eigenvalue weighted by Crippen LogP contribution is 2.17. The lowest BCUT2D eigenvalue weighted by molar-refractivity contribution is 0.408. The van der Waals surface area contributed by atoms with E-state index in [0.29, 0.717) is 6.42 Å². The molecule has 1 saturated heterocycles. The maximum Gasteiger partial charge on any atom is 0.0621 e. The van der Waals surface area contributed by atoms with Gasteiger partial charge in [0.1, 0.15) is 0 Å². The van der Waals surface area contributed by atoms with E-state index in [-0.39, 0.29) is 0 Å². The van der Waals surface area contributed by atoms with Gasteiger partial charge in [-0.3, -0.25) is 0 Å². The molecule has 2 heteroatoms. The summed E-state index contributed by atoms with van der Waals surface area (Å²) in [6.45, 7) is 6.37. The van der Waals surface area contributed by atoms with Crippen molar-refractivity contribution in [2.45, 2.75) is 32.1 Å². The maximum absolute atomic E-state index is 8.35. The molecule has 0 atom stereocenters. The highest BCUT2D eigenvalue weighted by Gasteiger charge is 2.12. The van der Waals surface area contributed by atoms with Crippen LogP contribution in [-0.2, 0) is 0 Å². The lowest BCUT2D eigenvalue weighted by Crippen LogP contribution is -2.17. The van der Waals surface area contributed by atoms with E-state index in [1.807, 2.05) is 0 Å². The number of nitriles is 1. The minimum atomic E-state index is 0.660. The number of nitrogens with zero attached hydrogens (tertiary/aromatic N) is 2. The molecule has 0 radical (unpaired) electrons. The van der Waals surface area contributed by atoms with Gasteiger partial charge in [-0.25, -0.2) is 0 Å². The van der Waals surface area contributed by atoms with Gasteiger partial charge in [-0.2, -0.15) is 5.26 Å². The SMILES string of the molecule is C=C(CCCC#N)N1CCCC1. The second kappa shape index (κ2) is 4.82. The molecule has 66 valence electrons. The van der Waals surface area contributed by atoms with Crippen molar-refractivity contribution in [3.63, 3.8) is 0 Å². The Morgan fingerprint density at radius 2 is 2.08 bits per heavy atom. The fourth-order valence-corrected chi connectivity index (χ4v) is 1.56. The van der Waals surface area contributed by atoms with Gasteiger partial charge < -0.3 is 4.90 Å². The number of unbranched alkanes of at least 4 members (excludes halogenated alkanes) is 1. The van der Waals surface area contributed by atoms with Gasteiger partial charge in [-0.1, -0.05) is 6.58 Å². The van der Waals surface area contributed by atoms with Crippen LogP contribution in [-0.4, -0.2) is 18.0 Å². The smallest absolute Gasteiger partial charge is 0.0621 e. The molecule has 0 saturated carbocycles. The lowest BCUT2D eigenvalue weighted by Gasteiger charge is -2.19. The molecule has 0 bridgehead atoms. The molecule has 0 N–H and O–H groups in total. The molecule has 0 aliphatic carbocycles. The van der Waals surface area contributed by atoms with E-state index in [4.69, 9.17) is 5.26 Å². The number of hydrogen-bond acceptors (Lipinski definition) is 2. The average molecular weight is 164 g/mol. The van der Waals surface area contributed by atoms with Gasteiger partial charge >= 0.3 is 0 Å². The van der Waals surface area contributed by atoms with Crippen LogP contribution in [0.3, 0.4) is 0 Å². The van der Waals surface area contributed by atoms with Crippen molar-refractivity contribution in [3.05, 3.63) is 12.3 Å². The highest BCUT2D eigenvalue weighted by atomic mass is 15.1. The molecular formula is C10H16N2. The summed E-state index contributed by atoms with van der Waals surface area (Å²) in [4.78, 5) is 2.34. The zero-order valence-electron chi connectivity index (χ0n) is 7.55. The van der Waals surface area contributed by atoms with E-state index >= 15 is 0 Å². The number of likely N-dealkylation sites (tertiary alicyclic amines) is 1. The van der Waals surface area contributed by atoms with Crippen LogP contribution in [0.1, 0.15) is 32.1 Å². The molecule has 0 aromatic heterocycles. The number of rotatable bonds is 4. The molecule has 1 aliphatic rings. The van der Waals surface area contributed by atoms with E-state index in [1.54, 1.807) is 0 Å². The maximum atomic E-state index is 8.35. The van der Waals surface area contributed by atoms with E-state index in [9.17, 15) is 0 Å². The first-order valence-corrected chi connectivity index (χ1v) is 4.64. The molecule has 2 nitrogen and oxygen atoms in total. The summed E-state index contributed by atoms with van der Waals surface area (Å²) in [6.07, 6.45) is 5.22. The Bertz CT molecular complexity index is 185. The zero-order valence-corrected chi connectivity index (χ0v) is 7.55. The number of allylic oxidation sites excluding steroid dienone is 1. The summed E-state index contributed by atoms with van der Waals surface area (Å²) >= 11 is 0. The summed E-state index contributed by atoms with van der Waals surface area (Å²) < 4.78 is 0. The molecule has 1 rings (SSSR count). The summed E-state index contributed by atoms with van der Waals surface area (Å²) in [7, 11) is 0. The molecule has 1 aliphatic heterocycles. The summed E-state index contributed by atoms with van der Waals surface area (Å²) in [6, 6.07) is 2.15. The van der Waals surface area contributed by atoms with E-state index in [1.165, 1.54) is 31.6 Å². The van der Waals surface area contributed by atoms with E-state index in [2.05, 4.69) is 17.5 Å². The predicted octanol–water partition coefficient (Wildman–Crippen LogP) is 2.29. The third-order valence-electron chi connectivity index (χ3n) is 2.31. The van der Waals surface area contributed by atoms with Crippen molar-refractivity contribution in [1.82, 2.24) is 4.90 Å². The molecule has 0 spiro atoms. The summed E-state index contributed by atoms with van der Waals surface area (Å²) in [5, 5.41) is 8.35. The topological polar surface area (TPSA) is 27.0 Å². The van der Waals surface area contributed by atoms with Crippen molar-refractivity contribution in [2.75, 3.05) is 13.1 Å². The second-order valence-electron chi connectivity index (χ2n) is 3.27. The zero-order chi connectivity index (χ0) is 8.81. The molecule has 1 heterocycles. The van der Waals surface area contributed by atoms with E-state index < -0.39 is 0 Å². The van der Waals surface area contributed by atoms with Crippen LogP contribution in [0.25, 0.3) is 0 Å². The Balaban J connectivity index is 2.15. The summed E-state index contributed by atoms with van der Waals surface area (Å²) in [5.74, 6) is 0. The fraction of sp³-hybridized carbons (Fsp3) is 0.700. The largest absolute Gasteiger partial charge is 0.375 e. The Kier molecular flexibility index (Phi) is 3.66. The molecule has 12 heavy (non-hydrogen) atoms. The highest BCUT2D eigenvalue weighted by molar-refractivity contribution is 4.96. The van der Waals surface area contributed by atoms with E-state index in [0.717, 1.165) is 12.8 Å². The Morgan fingerprint density at radius 1 is 1.42 bits per heavy atom.